The first kappa shape index (κ1) is 21.6. The second-order valence-electron chi connectivity index (χ2n) is 7.70. The SMILES string of the molecule is O=C(CN1CCCc2ccccc21)NNC(=O)c1ccc(Cl)c(S(=O)(=O)NC2CC2)c1. The van der Waals surface area contributed by atoms with Crippen LogP contribution in [-0.2, 0) is 21.2 Å². The van der Waals surface area contributed by atoms with Gasteiger partial charge in [0, 0.05) is 23.8 Å². The first-order chi connectivity index (χ1) is 14.8. The zero-order valence-corrected chi connectivity index (χ0v) is 18.3. The molecule has 2 aliphatic rings. The van der Waals surface area contributed by atoms with E-state index >= 15 is 0 Å². The monoisotopic (exact) mass is 462 g/mol. The number of carbonyl (C=O) groups excluding carboxylic acids is 2. The minimum atomic E-state index is -3.82. The summed E-state index contributed by atoms with van der Waals surface area (Å²) in [4.78, 5) is 26.6. The molecule has 1 saturated carbocycles. The summed E-state index contributed by atoms with van der Waals surface area (Å²) in [6.45, 7) is 0.855. The first-order valence-electron chi connectivity index (χ1n) is 10.1. The van der Waals surface area contributed by atoms with Crippen molar-refractivity contribution in [2.24, 2.45) is 0 Å². The lowest BCUT2D eigenvalue weighted by Gasteiger charge is -2.30. The van der Waals surface area contributed by atoms with Crippen LogP contribution in [0.15, 0.2) is 47.4 Å². The van der Waals surface area contributed by atoms with Crippen molar-refractivity contribution in [2.75, 3.05) is 18.0 Å². The van der Waals surface area contributed by atoms with Gasteiger partial charge in [-0.2, -0.15) is 0 Å². The van der Waals surface area contributed by atoms with Gasteiger partial charge in [0.05, 0.1) is 11.6 Å². The Morgan fingerprint density at radius 1 is 1.10 bits per heavy atom. The van der Waals surface area contributed by atoms with E-state index in [-0.39, 0.29) is 34.0 Å². The molecule has 0 spiro atoms. The fourth-order valence-corrected chi connectivity index (χ4v) is 5.35. The molecule has 0 atom stereocenters. The van der Waals surface area contributed by atoms with Gasteiger partial charge in [-0.15, -0.1) is 0 Å². The Labute approximate surface area is 186 Å². The largest absolute Gasteiger partial charge is 0.362 e. The summed E-state index contributed by atoms with van der Waals surface area (Å²) in [6.07, 6.45) is 3.49. The highest BCUT2D eigenvalue weighted by molar-refractivity contribution is 7.89. The van der Waals surface area contributed by atoms with E-state index in [2.05, 4.69) is 15.6 Å². The van der Waals surface area contributed by atoms with Gasteiger partial charge in [-0.3, -0.25) is 20.4 Å². The third-order valence-corrected chi connectivity index (χ3v) is 7.24. The van der Waals surface area contributed by atoms with E-state index in [4.69, 9.17) is 11.6 Å². The molecule has 0 unspecified atom stereocenters. The number of carbonyl (C=O) groups is 2. The van der Waals surface area contributed by atoms with E-state index in [1.54, 1.807) is 0 Å². The van der Waals surface area contributed by atoms with Gasteiger partial charge in [0.1, 0.15) is 4.90 Å². The second-order valence-corrected chi connectivity index (χ2v) is 9.79. The van der Waals surface area contributed by atoms with Crippen LogP contribution in [-0.4, -0.2) is 39.4 Å². The van der Waals surface area contributed by atoms with Crippen LogP contribution in [0.25, 0.3) is 0 Å². The summed E-state index contributed by atoms with van der Waals surface area (Å²) in [6, 6.07) is 11.8. The van der Waals surface area contributed by atoms with Gasteiger partial charge in [-0.25, -0.2) is 13.1 Å². The van der Waals surface area contributed by atoms with Crippen molar-refractivity contribution in [3.05, 3.63) is 58.6 Å². The number of hydrogen-bond acceptors (Lipinski definition) is 5. The predicted molar refractivity (Wildman–Crippen MR) is 117 cm³/mol. The molecular formula is C21H23ClN4O4S. The van der Waals surface area contributed by atoms with Crippen molar-refractivity contribution in [1.82, 2.24) is 15.6 Å². The number of anilines is 1. The van der Waals surface area contributed by atoms with E-state index in [9.17, 15) is 18.0 Å². The number of nitrogens with one attached hydrogen (secondary N) is 3. The highest BCUT2D eigenvalue weighted by Gasteiger charge is 2.29. The van der Waals surface area contributed by atoms with E-state index in [0.29, 0.717) is 0 Å². The molecule has 0 saturated heterocycles. The van der Waals surface area contributed by atoms with Gasteiger partial charge >= 0.3 is 0 Å². The molecule has 2 amide bonds. The number of benzene rings is 2. The van der Waals surface area contributed by atoms with Gasteiger partial charge in [-0.05, 0) is 55.5 Å². The molecule has 31 heavy (non-hydrogen) atoms. The molecule has 1 aliphatic carbocycles. The van der Waals surface area contributed by atoms with Crippen LogP contribution in [0.2, 0.25) is 5.02 Å². The average molecular weight is 463 g/mol. The zero-order chi connectivity index (χ0) is 22.0. The lowest BCUT2D eigenvalue weighted by Crippen LogP contribution is -2.47. The number of hydrogen-bond donors (Lipinski definition) is 3. The number of aryl methyl sites for hydroxylation is 1. The Kier molecular flexibility index (Phi) is 6.17. The molecule has 1 heterocycles. The van der Waals surface area contributed by atoms with Gasteiger partial charge in [0.2, 0.25) is 10.0 Å². The van der Waals surface area contributed by atoms with Crippen molar-refractivity contribution < 1.29 is 18.0 Å². The van der Waals surface area contributed by atoms with Gasteiger partial charge in [-0.1, -0.05) is 29.8 Å². The van der Waals surface area contributed by atoms with Crippen LogP contribution in [0.3, 0.4) is 0 Å². The minimum Gasteiger partial charge on any atom is -0.362 e. The molecule has 2 aromatic rings. The Morgan fingerprint density at radius 3 is 2.65 bits per heavy atom. The highest BCUT2D eigenvalue weighted by atomic mass is 35.5. The molecule has 0 bridgehead atoms. The van der Waals surface area contributed by atoms with Crippen LogP contribution in [0.1, 0.15) is 35.2 Å². The van der Waals surface area contributed by atoms with Gasteiger partial charge < -0.3 is 4.90 Å². The quantitative estimate of drug-likeness (QED) is 0.569. The smallest absolute Gasteiger partial charge is 0.269 e. The number of para-hydroxylation sites is 1. The van der Waals surface area contributed by atoms with Crippen LogP contribution in [0, 0.1) is 0 Å². The number of nitrogens with zero attached hydrogens (tertiary/aromatic N) is 1. The molecule has 0 aromatic heterocycles. The molecule has 10 heteroatoms. The van der Waals surface area contributed by atoms with E-state index in [1.165, 1.54) is 23.8 Å². The zero-order valence-electron chi connectivity index (χ0n) is 16.7. The van der Waals surface area contributed by atoms with Crippen molar-refractivity contribution in [3.8, 4) is 0 Å². The number of sulfonamides is 1. The summed E-state index contributed by atoms with van der Waals surface area (Å²) in [7, 11) is -3.82. The van der Waals surface area contributed by atoms with Crippen LogP contribution in [0.5, 0.6) is 0 Å². The first-order valence-corrected chi connectivity index (χ1v) is 11.9. The van der Waals surface area contributed by atoms with E-state index in [1.807, 2.05) is 29.2 Å². The lowest BCUT2D eigenvalue weighted by atomic mass is 10.0. The van der Waals surface area contributed by atoms with E-state index in [0.717, 1.165) is 37.9 Å². The fraction of sp³-hybridized carbons (Fsp3) is 0.333. The standard InChI is InChI=1S/C21H23ClN4O4S/c22-17-10-7-15(12-19(17)31(29,30)25-16-8-9-16)21(28)24-23-20(27)13-26-11-3-5-14-4-1-2-6-18(14)26/h1-2,4,6-7,10,12,16,25H,3,5,8-9,11,13H2,(H,23,27)(H,24,28). The van der Waals surface area contributed by atoms with Crippen LogP contribution in [0.4, 0.5) is 5.69 Å². The summed E-state index contributed by atoms with van der Waals surface area (Å²) < 4.78 is 27.5. The Bertz CT molecular complexity index is 1120. The second kappa shape index (κ2) is 8.86. The van der Waals surface area contributed by atoms with Gasteiger partial charge in [0.15, 0.2) is 0 Å². The van der Waals surface area contributed by atoms with Crippen molar-refractivity contribution in [2.45, 2.75) is 36.6 Å². The third kappa shape index (κ3) is 5.17. The number of halogens is 1. The van der Waals surface area contributed by atoms with E-state index < -0.39 is 15.9 Å². The fourth-order valence-electron chi connectivity index (χ4n) is 3.52. The van der Waals surface area contributed by atoms with Gasteiger partial charge in [0.25, 0.3) is 11.8 Å². The summed E-state index contributed by atoms with van der Waals surface area (Å²) >= 11 is 6.04. The highest BCUT2D eigenvalue weighted by Crippen LogP contribution is 2.27. The lowest BCUT2D eigenvalue weighted by molar-refractivity contribution is -0.120. The summed E-state index contributed by atoms with van der Waals surface area (Å²) in [5.41, 5.74) is 7.02. The van der Waals surface area contributed by atoms with Crippen molar-refractivity contribution in [3.63, 3.8) is 0 Å². The van der Waals surface area contributed by atoms with Crippen LogP contribution >= 0.6 is 11.6 Å². The number of rotatable bonds is 6. The van der Waals surface area contributed by atoms with Crippen molar-refractivity contribution >= 4 is 39.1 Å². The molecule has 2 aromatic carbocycles. The molecule has 3 N–H and O–H groups in total. The Hall–Kier alpha value is -2.62. The maximum absolute atomic E-state index is 12.5. The predicted octanol–water partition coefficient (Wildman–Crippen LogP) is 1.99. The molecule has 8 nitrogen and oxygen atoms in total. The minimum absolute atomic E-state index is 0.0255. The topological polar surface area (TPSA) is 108 Å². The summed E-state index contributed by atoms with van der Waals surface area (Å²) in [5.74, 6) is -1.01. The number of fused-ring (bicyclic) bond motifs is 1. The molecule has 1 aliphatic heterocycles. The third-order valence-electron chi connectivity index (χ3n) is 5.24. The van der Waals surface area contributed by atoms with Crippen molar-refractivity contribution in [1.29, 1.82) is 0 Å². The summed E-state index contributed by atoms with van der Waals surface area (Å²) in [5, 5.41) is 0.0255. The normalized spacial score (nSPS) is 15.8. The molecule has 1 fully saturated rings. The number of hydrazine groups is 1. The maximum atomic E-state index is 12.5. The molecule has 0 radical (unpaired) electrons. The number of amides is 2. The molecular weight excluding hydrogens is 440 g/mol. The average Bonchev–Trinajstić information content (AvgIpc) is 3.56. The molecule has 164 valence electrons. The van der Waals surface area contributed by atoms with Crippen LogP contribution < -0.4 is 20.5 Å². The Morgan fingerprint density at radius 2 is 1.87 bits per heavy atom. The Balaban J connectivity index is 1.38. The molecule has 4 rings (SSSR count). The maximum Gasteiger partial charge on any atom is 0.269 e.